The molecule has 130 valence electrons. The maximum Gasteiger partial charge on any atom is 0.335 e. The Labute approximate surface area is 149 Å². The number of benzene rings is 2. The molecule has 0 radical (unpaired) electrons. The van der Waals surface area contributed by atoms with Gasteiger partial charge in [0.1, 0.15) is 0 Å². The molecule has 7 nitrogen and oxygen atoms in total. The summed E-state index contributed by atoms with van der Waals surface area (Å²) in [5, 5.41) is 12.1. The van der Waals surface area contributed by atoms with Crippen LogP contribution in [0.3, 0.4) is 0 Å². The SMILES string of the molecule is Cc1ccc(C(=O)Nc2cc(C(=O)O)cc(-c3cnc(N)nc3)c2)cc1. The monoisotopic (exact) mass is 348 g/mol. The van der Waals surface area contributed by atoms with E-state index in [1.54, 1.807) is 18.2 Å². The molecule has 7 heteroatoms. The first-order chi connectivity index (χ1) is 12.4. The Morgan fingerprint density at radius 3 is 2.23 bits per heavy atom. The smallest absolute Gasteiger partial charge is 0.335 e. The Bertz CT molecular complexity index is 967. The van der Waals surface area contributed by atoms with Crippen LogP contribution in [0.2, 0.25) is 0 Å². The normalized spacial score (nSPS) is 10.3. The van der Waals surface area contributed by atoms with E-state index in [-0.39, 0.29) is 17.4 Å². The summed E-state index contributed by atoms with van der Waals surface area (Å²) in [4.78, 5) is 31.6. The number of anilines is 2. The number of nitrogens with two attached hydrogens (primary N) is 1. The van der Waals surface area contributed by atoms with Crippen molar-refractivity contribution in [2.45, 2.75) is 6.92 Å². The highest BCUT2D eigenvalue weighted by atomic mass is 16.4. The summed E-state index contributed by atoms with van der Waals surface area (Å²) in [7, 11) is 0. The van der Waals surface area contributed by atoms with Crippen LogP contribution in [0.1, 0.15) is 26.3 Å². The van der Waals surface area contributed by atoms with Gasteiger partial charge in [-0.15, -0.1) is 0 Å². The van der Waals surface area contributed by atoms with Crippen LogP contribution in [-0.2, 0) is 0 Å². The van der Waals surface area contributed by atoms with Crippen molar-refractivity contribution in [3.63, 3.8) is 0 Å². The molecule has 4 N–H and O–H groups in total. The van der Waals surface area contributed by atoms with Gasteiger partial charge in [0.15, 0.2) is 0 Å². The first kappa shape index (κ1) is 17.1. The van der Waals surface area contributed by atoms with Crippen LogP contribution in [0.15, 0.2) is 54.9 Å². The molecule has 1 amide bonds. The fourth-order valence-electron chi connectivity index (χ4n) is 2.39. The summed E-state index contributed by atoms with van der Waals surface area (Å²) in [6.07, 6.45) is 2.99. The van der Waals surface area contributed by atoms with Crippen LogP contribution in [0.25, 0.3) is 11.1 Å². The lowest BCUT2D eigenvalue weighted by Crippen LogP contribution is -2.12. The lowest BCUT2D eigenvalue weighted by atomic mass is 10.0. The minimum absolute atomic E-state index is 0.0403. The van der Waals surface area contributed by atoms with E-state index in [1.807, 2.05) is 19.1 Å². The number of carbonyl (C=O) groups is 2. The molecule has 0 bridgehead atoms. The van der Waals surface area contributed by atoms with E-state index < -0.39 is 5.97 Å². The predicted molar refractivity (Wildman–Crippen MR) is 98.0 cm³/mol. The van der Waals surface area contributed by atoms with Crippen LogP contribution < -0.4 is 11.1 Å². The molecule has 0 saturated heterocycles. The van der Waals surface area contributed by atoms with E-state index in [9.17, 15) is 14.7 Å². The first-order valence-corrected chi connectivity index (χ1v) is 7.76. The van der Waals surface area contributed by atoms with Gasteiger partial charge < -0.3 is 16.2 Å². The van der Waals surface area contributed by atoms with Crippen LogP contribution in [-0.4, -0.2) is 27.0 Å². The fraction of sp³-hybridized carbons (Fsp3) is 0.0526. The molecule has 1 heterocycles. The number of carboxylic acids is 1. The van der Waals surface area contributed by atoms with Crippen molar-refractivity contribution in [1.82, 2.24) is 9.97 Å². The van der Waals surface area contributed by atoms with Gasteiger partial charge in [-0.25, -0.2) is 14.8 Å². The molecule has 26 heavy (non-hydrogen) atoms. The van der Waals surface area contributed by atoms with Gasteiger partial charge in [0, 0.05) is 29.2 Å². The van der Waals surface area contributed by atoms with E-state index in [0.717, 1.165) is 5.56 Å². The lowest BCUT2D eigenvalue weighted by Gasteiger charge is -2.10. The number of nitrogens with one attached hydrogen (secondary N) is 1. The van der Waals surface area contributed by atoms with Crippen molar-refractivity contribution in [2.75, 3.05) is 11.1 Å². The van der Waals surface area contributed by atoms with Gasteiger partial charge in [-0.3, -0.25) is 4.79 Å². The number of carboxylic acid groups (broad SMARTS) is 1. The molecular weight excluding hydrogens is 332 g/mol. The number of hydrogen-bond donors (Lipinski definition) is 3. The zero-order chi connectivity index (χ0) is 18.7. The van der Waals surface area contributed by atoms with E-state index in [1.165, 1.54) is 24.5 Å². The van der Waals surface area contributed by atoms with Crippen molar-refractivity contribution < 1.29 is 14.7 Å². The number of carbonyl (C=O) groups excluding carboxylic acids is 1. The van der Waals surface area contributed by atoms with Gasteiger partial charge in [-0.2, -0.15) is 0 Å². The second kappa shape index (κ2) is 7.02. The fourth-order valence-corrected chi connectivity index (χ4v) is 2.39. The third-order valence-electron chi connectivity index (χ3n) is 3.76. The number of hydrogen-bond acceptors (Lipinski definition) is 5. The standard InChI is InChI=1S/C19H16N4O3/c1-11-2-4-12(5-3-11)17(24)23-16-7-13(6-14(8-16)18(25)26)15-9-21-19(20)22-10-15/h2-10H,1H3,(H,23,24)(H,25,26)(H2,20,21,22). The molecule has 0 aliphatic rings. The predicted octanol–water partition coefficient (Wildman–Crippen LogP) is 2.98. The van der Waals surface area contributed by atoms with Crippen molar-refractivity contribution >= 4 is 23.5 Å². The molecule has 1 aromatic heterocycles. The Morgan fingerprint density at radius 1 is 0.962 bits per heavy atom. The number of nitrogens with zero attached hydrogens (tertiary/aromatic N) is 2. The molecule has 3 aromatic rings. The first-order valence-electron chi connectivity index (χ1n) is 7.76. The molecule has 0 spiro atoms. The second-order valence-corrected chi connectivity index (χ2v) is 5.75. The Balaban J connectivity index is 1.95. The molecule has 2 aromatic carbocycles. The molecule has 0 aliphatic carbocycles. The van der Waals surface area contributed by atoms with Crippen molar-refractivity contribution in [3.8, 4) is 11.1 Å². The van der Waals surface area contributed by atoms with Gasteiger partial charge in [0.05, 0.1) is 5.56 Å². The summed E-state index contributed by atoms with van der Waals surface area (Å²) in [6, 6.07) is 11.6. The summed E-state index contributed by atoms with van der Waals surface area (Å²) in [5.41, 5.74) is 8.56. The van der Waals surface area contributed by atoms with Gasteiger partial charge in [-0.05, 0) is 42.8 Å². The number of rotatable bonds is 4. The summed E-state index contributed by atoms with van der Waals surface area (Å²) in [5.74, 6) is -1.31. The zero-order valence-corrected chi connectivity index (χ0v) is 13.9. The molecule has 0 aliphatic heterocycles. The number of nitrogen functional groups attached to an aromatic ring is 1. The van der Waals surface area contributed by atoms with Crippen molar-refractivity contribution in [1.29, 1.82) is 0 Å². The average Bonchev–Trinajstić information content (AvgIpc) is 2.62. The number of aromatic nitrogens is 2. The van der Waals surface area contributed by atoms with E-state index >= 15 is 0 Å². The minimum Gasteiger partial charge on any atom is -0.478 e. The molecule has 0 fully saturated rings. The van der Waals surface area contributed by atoms with Crippen molar-refractivity contribution in [3.05, 3.63) is 71.5 Å². The third-order valence-corrected chi connectivity index (χ3v) is 3.76. The topological polar surface area (TPSA) is 118 Å². The molecular formula is C19H16N4O3. The molecule has 0 unspecified atom stereocenters. The zero-order valence-electron chi connectivity index (χ0n) is 13.9. The number of amides is 1. The molecule has 3 rings (SSSR count). The second-order valence-electron chi connectivity index (χ2n) is 5.75. The van der Waals surface area contributed by atoms with Gasteiger partial charge in [0.2, 0.25) is 5.95 Å². The number of aryl methyl sites for hydroxylation is 1. The van der Waals surface area contributed by atoms with Crippen LogP contribution in [0, 0.1) is 6.92 Å². The van der Waals surface area contributed by atoms with Gasteiger partial charge in [-0.1, -0.05) is 17.7 Å². The van der Waals surface area contributed by atoms with E-state index in [0.29, 0.717) is 22.4 Å². The molecule has 0 saturated carbocycles. The quantitative estimate of drug-likeness (QED) is 0.667. The maximum absolute atomic E-state index is 12.4. The van der Waals surface area contributed by atoms with Crippen LogP contribution in [0.5, 0.6) is 0 Å². The maximum atomic E-state index is 12.4. The van der Waals surface area contributed by atoms with Crippen LogP contribution >= 0.6 is 0 Å². The number of aromatic carboxylic acids is 1. The van der Waals surface area contributed by atoms with Crippen molar-refractivity contribution in [2.24, 2.45) is 0 Å². The highest BCUT2D eigenvalue weighted by Gasteiger charge is 2.12. The summed E-state index contributed by atoms with van der Waals surface area (Å²) < 4.78 is 0. The Morgan fingerprint density at radius 2 is 1.62 bits per heavy atom. The third kappa shape index (κ3) is 3.84. The average molecular weight is 348 g/mol. The van der Waals surface area contributed by atoms with Gasteiger partial charge >= 0.3 is 5.97 Å². The summed E-state index contributed by atoms with van der Waals surface area (Å²) in [6.45, 7) is 1.93. The lowest BCUT2D eigenvalue weighted by molar-refractivity contribution is 0.0696. The minimum atomic E-state index is -1.10. The largest absolute Gasteiger partial charge is 0.478 e. The highest BCUT2D eigenvalue weighted by molar-refractivity contribution is 6.05. The van der Waals surface area contributed by atoms with Crippen LogP contribution in [0.4, 0.5) is 11.6 Å². The molecule has 0 atom stereocenters. The highest BCUT2D eigenvalue weighted by Crippen LogP contribution is 2.25. The van der Waals surface area contributed by atoms with E-state index in [2.05, 4.69) is 15.3 Å². The van der Waals surface area contributed by atoms with E-state index in [4.69, 9.17) is 5.73 Å². The summed E-state index contributed by atoms with van der Waals surface area (Å²) >= 11 is 0. The van der Waals surface area contributed by atoms with Gasteiger partial charge in [0.25, 0.3) is 5.91 Å². The Kier molecular flexibility index (Phi) is 4.62. The Hall–Kier alpha value is -3.74.